The minimum Gasteiger partial charge on any atom is -0.378 e. The van der Waals surface area contributed by atoms with Crippen LogP contribution >= 0.6 is 0 Å². The van der Waals surface area contributed by atoms with Crippen molar-refractivity contribution < 1.29 is 9.53 Å². The van der Waals surface area contributed by atoms with E-state index in [1.165, 1.54) is 12.1 Å². The van der Waals surface area contributed by atoms with Crippen LogP contribution in [0, 0.1) is 0 Å². The standard InChI is InChI=1S/C17H22N2O2/c20-17(18-14-6-2-1-3-7-14)15-8-4-5-9-16(15)19-10-12-21-13-11-19/h1-3,6-7H,4-5,8-13H2,(H,18,20). The Morgan fingerprint density at radius 2 is 1.76 bits per heavy atom. The third kappa shape index (κ3) is 3.45. The summed E-state index contributed by atoms with van der Waals surface area (Å²) < 4.78 is 5.42. The molecule has 112 valence electrons. The number of carbonyl (C=O) groups excluding carboxylic acids is 1. The second-order valence-corrected chi connectivity index (χ2v) is 5.55. The van der Waals surface area contributed by atoms with E-state index in [-0.39, 0.29) is 5.91 Å². The molecule has 1 fully saturated rings. The summed E-state index contributed by atoms with van der Waals surface area (Å²) in [5.41, 5.74) is 3.06. The lowest BCUT2D eigenvalue weighted by Crippen LogP contribution is -2.38. The van der Waals surface area contributed by atoms with Crippen LogP contribution in [0.4, 0.5) is 5.69 Å². The minimum atomic E-state index is 0.0578. The van der Waals surface area contributed by atoms with Gasteiger partial charge >= 0.3 is 0 Å². The summed E-state index contributed by atoms with van der Waals surface area (Å²) in [6, 6.07) is 9.68. The molecule has 1 amide bonds. The molecule has 0 bridgehead atoms. The number of carbonyl (C=O) groups is 1. The Labute approximate surface area is 125 Å². The highest BCUT2D eigenvalue weighted by atomic mass is 16.5. The smallest absolute Gasteiger partial charge is 0.253 e. The fraction of sp³-hybridized carbons (Fsp3) is 0.471. The van der Waals surface area contributed by atoms with E-state index in [1.54, 1.807) is 0 Å². The third-order valence-electron chi connectivity index (χ3n) is 4.14. The van der Waals surface area contributed by atoms with E-state index in [4.69, 9.17) is 4.74 Å². The first kappa shape index (κ1) is 14.1. The van der Waals surface area contributed by atoms with Crippen molar-refractivity contribution in [3.8, 4) is 0 Å². The van der Waals surface area contributed by atoms with E-state index in [2.05, 4.69) is 10.2 Å². The SMILES string of the molecule is O=C(Nc1ccccc1)C1=C(N2CCOCC2)CCCC1. The van der Waals surface area contributed by atoms with Gasteiger partial charge < -0.3 is 15.0 Å². The Bertz CT molecular complexity index is 519. The van der Waals surface area contributed by atoms with Gasteiger partial charge in [-0.2, -0.15) is 0 Å². The van der Waals surface area contributed by atoms with E-state index in [1.807, 2.05) is 30.3 Å². The average molecular weight is 286 g/mol. The molecule has 0 unspecified atom stereocenters. The molecule has 1 heterocycles. The van der Waals surface area contributed by atoms with Crippen LogP contribution in [0.5, 0.6) is 0 Å². The number of nitrogens with zero attached hydrogens (tertiary/aromatic N) is 1. The van der Waals surface area contributed by atoms with Gasteiger partial charge in [-0.25, -0.2) is 0 Å². The van der Waals surface area contributed by atoms with Gasteiger partial charge in [0, 0.05) is 30.0 Å². The molecule has 1 aliphatic heterocycles. The van der Waals surface area contributed by atoms with Crippen LogP contribution in [0.3, 0.4) is 0 Å². The second-order valence-electron chi connectivity index (χ2n) is 5.55. The Balaban J connectivity index is 1.78. The molecular formula is C17H22N2O2. The summed E-state index contributed by atoms with van der Waals surface area (Å²) in [7, 11) is 0. The number of amides is 1. The molecule has 1 aromatic carbocycles. The third-order valence-corrected chi connectivity index (χ3v) is 4.14. The first-order valence-corrected chi connectivity index (χ1v) is 7.76. The second kappa shape index (κ2) is 6.76. The number of rotatable bonds is 3. The fourth-order valence-electron chi connectivity index (χ4n) is 3.04. The van der Waals surface area contributed by atoms with Crippen LogP contribution in [0.2, 0.25) is 0 Å². The van der Waals surface area contributed by atoms with Gasteiger partial charge in [-0.1, -0.05) is 18.2 Å². The Morgan fingerprint density at radius 1 is 1.05 bits per heavy atom. The molecule has 0 aromatic heterocycles. The summed E-state index contributed by atoms with van der Waals surface area (Å²) in [4.78, 5) is 14.9. The molecular weight excluding hydrogens is 264 g/mol. The number of hydrogen-bond acceptors (Lipinski definition) is 3. The molecule has 0 radical (unpaired) electrons. The van der Waals surface area contributed by atoms with Crippen LogP contribution in [0.25, 0.3) is 0 Å². The summed E-state index contributed by atoms with van der Waals surface area (Å²) in [6.07, 6.45) is 4.17. The van der Waals surface area contributed by atoms with Crippen LogP contribution in [0.1, 0.15) is 25.7 Å². The fourth-order valence-corrected chi connectivity index (χ4v) is 3.04. The lowest BCUT2D eigenvalue weighted by molar-refractivity contribution is -0.113. The molecule has 2 aliphatic rings. The van der Waals surface area contributed by atoms with Gasteiger partial charge in [-0.05, 0) is 37.8 Å². The van der Waals surface area contributed by atoms with E-state index in [9.17, 15) is 4.79 Å². The molecule has 1 aliphatic carbocycles. The number of morpholine rings is 1. The predicted molar refractivity (Wildman–Crippen MR) is 83.0 cm³/mol. The maximum atomic E-state index is 12.6. The monoisotopic (exact) mass is 286 g/mol. The van der Waals surface area contributed by atoms with Crippen LogP contribution in [0.15, 0.2) is 41.6 Å². The maximum absolute atomic E-state index is 12.6. The molecule has 0 spiro atoms. The van der Waals surface area contributed by atoms with Crippen LogP contribution < -0.4 is 5.32 Å². The quantitative estimate of drug-likeness (QED) is 0.929. The highest BCUT2D eigenvalue weighted by molar-refractivity contribution is 6.04. The van der Waals surface area contributed by atoms with Crippen molar-refractivity contribution in [2.24, 2.45) is 0 Å². The van der Waals surface area contributed by atoms with E-state index in [0.717, 1.165) is 56.8 Å². The van der Waals surface area contributed by atoms with Gasteiger partial charge in [0.1, 0.15) is 0 Å². The highest BCUT2D eigenvalue weighted by Gasteiger charge is 2.24. The first-order chi connectivity index (χ1) is 10.3. The summed E-state index contributed by atoms with van der Waals surface area (Å²) in [5, 5.41) is 3.03. The van der Waals surface area contributed by atoms with Crippen molar-refractivity contribution in [2.45, 2.75) is 25.7 Å². The molecule has 1 N–H and O–H groups in total. The number of allylic oxidation sites excluding steroid dienone is 1. The number of hydrogen-bond donors (Lipinski definition) is 1. The van der Waals surface area contributed by atoms with Crippen molar-refractivity contribution in [1.29, 1.82) is 0 Å². The maximum Gasteiger partial charge on any atom is 0.253 e. The Hall–Kier alpha value is -1.81. The van der Waals surface area contributed by atoms with Crippen molar-refractivity contribution >= 4 is 11.6 Å². The van der Waals surface area contributed by atoms with Crippen molar-refractivity contribution in [2.75, 3.05) is 31.6 Å². The minimum absolute atomic E-state index is 0.0578. The number of benzene rings is 1. The van der Waals surface area contributed by atoms with Gasteiger partial charge in [0.15, 0.2) is 0 Å². The van der Waals surface area contributed by atoms with Gasteiger partial charge in [0.2, 0.25) is 0 Å². The topological polar surface area (TPSA) is 41.6 Å². The van der Waals surface area contributed by atoms with Gasteiger partial charge in [-0.15, -0.1) is 0 Å². The zero-order valence-corrected chi connectivity index (χ0v) is 12.3. The molecule has 1 saturated heterocycles. The molecule has 0 saturated carbocycles. The number of nitrogens with one attached hydrogen (secondary N) is 1. The molecule has 4 heteroatoms. The van der Waals surface area contributed by atoms with E-state index < -0.39 is 0 Å². The number of para-hydroxylation sites is 1. The molecule has 1 aromatic rings. The summed E-state index contributed by atoms with van der Waals surface area (Å²) in [5.74, 6) is 0.0578. The summed E-state index contributed by atoms with van der Waals surface area (Å²) in [6.45, 7) is 3.32. The molecule has 3 rings (SSSR count). The van der Waals surface area contributed by atoms with Gasteiger partial charge in [0.05, 0.1) is 13.2 Å². The number of ether oxygens (including phenoxy) is 1. The Morgan fingerprint density at radius 3 is 2.52 bits per heavy atom. The first-order valence-electron chi connectivity index (χ1n) is 7.76. The Kier molecular flexibility index (Phi) is 4.55. The van der Waals surface area contributed by atoms with Crippen molar-refractivity contribution in [1.82, 2.24) is 4.90 Å². The predicted octanol–water partition coefficient (Wildman–Crippen LogP) is 2.79. The molecule has 0 atom stereocenters. The van der Waals surface area contributed by atoms with Crippen LogP contribution in [-0.2, 0) is 9.53 Å². The molecule has 21 heavy (non-hydrogen) atoms. The highest BCUT2D eigenvalue weighted by Crippen LogP contribution is 2.29. The zero-order chi connectivity index (χ0) is 14.5. The van der Waals surface area contributed by atoms with Gasteiger partial charge in [-0.3, -0.25) is 4.79 Å². The largest absolute Gasteiger partial charge is 0.378 e. The van der Waals surface area contributed by atoms with E-state index >= 15 is 0 Å². The normalized spacial score (nSPS) is 19.5. The lowest BCUT2D eigenvalue weighted by atomic mass is 9.94. The summed E-state index contributed by atoms with van der Waals surface area (Å²) >= 11 is 0. The average Bonchev–Trinajstić information content (AvgIpc) is 2.56. The number of anilines is 1. The van der Waals surface area contributed by atoms with Gasteiger partial charge in [0.25, 0.3) is 5.91 Å². The molecule has 4 nitrogen and oxygen atoms in total. The van der Waals surface area contributed by atoms with Crippen molar-refractivity contribution in [3.63, 3.8) is 0 Å². The van der Waals surface area contributed by atoms with Crippen molar-refractivity contribution in [3.05, 3.63) is 41.6 Å². The van der Waals surface area contributed by atoms with Crippen LogP contribution in [-0.4, -0.2) is 37.1 Å². The zero-order valence-electron chi connectivity index (χ0n) is 12.3. The van der Waals surface area contributed by atoms with E-state index in [0.29, 0.717) is 0 Å². The lowest BCUT2D eigenvalue weighted by Gasteiger charge is -2.34.